The van der Waals surface area contributed by atoms with Crippen LogP contribution >= 0.6 is 11.3 Å². The molecule has 0 aliphatic heterocycles. The van der Waals surface area contributed by atoms with Gasteiger partial charge in [0.2, 0.25) is 0 Å². The van der Waals surface area contributed by atoms with Gasteiger partial charge in [-0.15, -0.1) is 11.3 Å². The van der Waals surface area contributed by atoms with Crippen LogP contribution in [0, 0.1) is 13.8 Å². The molecule has 0 spiro atoms. The second kappa shape index (κ2) is 5.50. The fraction of sp³-hybridized carbons (Fsp3) is 0.357. The van der Waals surface area contributed by atoms with E-state index in [4.69, 9.17) is 4.74 Å². The second-order valence-corrected chi connectivity index (χ2v) is 5.13. The molecular weight excluding hydrogens is 244 g/mol. The number of aromatic nitrogens is 1. The lowest BCUT2D eigenvalue weighted by atomic mass is 9.99. The van der Waals surface area contributed by atoms with E-state index in [-0.39, 0.29) is 6.04 Å². The van der Waals surface area contributed by atoms with E-state index in [0.29, 0.717) is 0 Å². The first-order chi connectivity index (χ1) is 8.67. The lowest BCUT2D eigenvalue weighted by Gasteiger charge is -2.18. The summed E-state index contributed by atoms with van der Waals surface area (Å²) >= 11 is 1.69. The van der Waals surface area contributed by atoms with E-state index in [9.17, 15) is 0 Å². The fourth-order valence-electron chi connectivity index (χ4n) is 2.11. The minimum Gasteiger partial charge on any atom is -0.497 e. The summed E-state index contributed by atoms with van der Waals surface area (Å²) in [5.74, 6) is 0.895. The Morgan fingerprint density at radius 3 is 2.61 bits per heavy atom. The molecule has 1 N–H and O–H groups in total. The molecule has 0 radical (unpaired) electrons. The van der Waals surface area contributed by atoms with E-state index in [1.165, 1.54) is 16.0 Å². The topological polar surface area (TPSA) is 34.1 Å². The Kier molecular flexibility index (Phi) is 3.99. The van der Waals surface area contributed by atoms with Crippen LogP contribution in [0.4, 0.5) is 0 Å². The van der Waals surface area contributed by atoms with Gasteiger partial charge < -0.3 is 10.1 Å². The van der Waals surface area contributed by atoms with Crippen molar-refractivity contribution in [1.82, 2.24) is 10.3 Å². The van der Waals surface area contributed by atoms with Crippen molar-refractivity contribution in [2.24, 2.45) is 0 Å². The summed E-state index contributed by atoms with van der Waals surface area (Å²) in [7, 11) is 3.67. The van der Waals surface area contributed by atoms with E-state index in [1.807, 2.05) is 18.6 Å². The van der Waals surface area contributed by atoms with Crippen molar-refractivity contribution < 1.29 is 4.74 Å². The van der Waals surface area contributed by atoms with Crippen LogP contribution in [0.1, 0.15) is 27.7 Å². The Morgan fingerprint density at radius 1 is 1.33 bits per heavy atom. The van der Waals surface area contributed by atoms with Gasteiger partial charge in [-0.1, -0.05) is 6.07 Å². The third-order valence-corrected chi connectivity index (χ3v) is 4.12. The first kappa shape index (κ1) is 13.1. The number of nitrogens with zero attached hydrogens (tertiary/aromatic N) is 1. The molecule has 0 saturated heterocycles. The molecular formula is C14H18N2OS. The third kappa shape index (κ3) is 2.40. The molecule has 4 heteroatoms. The minimum atomic E-state index is 0.198. The number of thiazole rings is 1. The molecule has 2 aromatic rings. The van der Waals surface area contributed by atoms with Gasteiger partial charge in [0, 0.05) is 4.88 Å². The van der Waals surface area contributed by atoms with Gasteiger partial charge in [0.25, 0.3) is 0 Å². The monoisotopic (exact) mass is 262 g/mol. The van der Waals surface area contributed by atoms with Crippen molar-refractivity contribution >= 4 is 11.3 Å². The van der Waals surface area contributed by atoms with E-state index in [2.05, 4.69) is 36.3 Å². The first-order valence-corrected chi connectivity index (χ1v) is 6.77. The van der Waals surface area contributed by atoms with Crippen LogP contribution in [0.25, 0.3) is 0 Å². The molecule has 96 valence electrons. The molecule has 0 aliphatic rings. The fourth-order valence-corrected chi connectivity index (χ4v) is 3.04. The standard InChI is InChI=1S/C14H18N2OS/c1-9-7-11(17-4)5-6-12(9)13(15-3)14-10(2)16-8-18-14/h5-8,13,15H,1-4H3. The quantitative estimate of drug-likeness (QED) is 0.919. The van der Waals surface area contributed by atoms with Gasteiger partial charge >= 0.3 is 0 Å². The average molecular weight is 262 g/mol. The normalized spacial score (nSPS) is 12.4. The Balaban J connectivity index is 2.42. The summed E-state index contributed by atoms with van der Waals surface area (Å²) in [6, 6.07) is 6.39. The molecule has 1 atom stereocenters. The van der Waals surface area contributed by atoms with E-state index >= 15 is 0 Å². The van der Waals surface area contributed by atoms with Crippen molar-refractivity contribution in [3.8, 4) is 5.75 Å². The summed E-state index contributed by atoms with van der Waals surface area (Å²) in [6.45, 7) is 4.16. The zero-order chi connectivity index (χ0) is 13.1. The summed E-state index contributed by atoms with van der Waals surface area (Å²) in [5, 5.41) is 3.37. The summed E-state index contributed by atoms with van der Waals surface area (Å²) in [4.78, 5) is 5.60. The first-order valence-electron chi connectivity index (χ1n) is 5.89. The van der Waals surface area contributed by atoms with Gasteiger partial charge in [-0.25, -0.2) is 4.98 Å². The number of benzene rings is 1. The summed E-state index contributed by atoms with van der Waals surface area (Å²) in [6.07, 6.45) is 0. The van der Waals surface area contributed by atoms with Crippen LogP contribution in [0.2, 0.25) is 0 Å². The SMILES string of the molecule is CNC(c1ccc(OC)cc1C)c1scnc1C. The number of rotatable bonds is 4. The highest BCUT2D eigenvalue weighted by atomic mass is 32.1. The van der Waals surface area contributed by atoms with Crippen molar-refractivity contribution in [3.05, 3.63) is 45.4 Å². The molecule has 0 amide bonds. The predicted molar refractivity (Wildman–Crippen MR) is 75.5 cm³/mol. The number of hydrogen-bond acceptors (Lipinski definition) is 4. The average Bonchev–Trinajstić information content (AvgIpc) is 2.78. The maximum absolute atomic E-state index is 5.25. The van der Waals surface area contributed by atoms with Crippen molar-refractivity contribution in [1.29, 1.82) is 0 Å². The lowest BCUT2D eigenvalue weighted by Crippen LogP contribution is -2.18. The Morgan fingerprint density at radius 2 is 2.11 bits per heavy atom. The third-order valence-electron chi connectivity index (χ3n) is 3.12. The van der Waals surface area contributed by atoms with Crippen molar-refractivity contribution in [2.45, 2.75) is 19.9 Å². The van der Waals surface area contributed by atoms with Gasteiger partial charge in [-0.3, -0.25) is 0 Å². The molecule has 0 bridgehead atoms. The molecule has 2 rings (SSSR count). The minimum absolute atomic E-state index is 0.198. The number of aryl methyl sites for hydroxylation is 2. The smallest absolute Gasteiger partial charge is 0.119 e. The number of methoxy groups -OCH3 is 1. The molecule has 1 heterocycles. The highest BCUT2D eigenvalue weighted by Gasteiger charge is 2.18. The Bertz CT molecular complexity index is 536. The second-order valence-electron chi connectivity index (χ2n) is 4.25. The lowest BCUT2D eigenvalue weighted by molar-refractivity contribution is 0.414. The molecule has 0 fully saturated rings. The maximum Gasteiger partial charge on any atom is 0.119 e. The van der Waals surface area contributed by atoms with Gasteiger partial charge in [0.05, 0.1) is 24.4 Å². The molecule has 18 heavy (non-hydrogen) atoms. The molecule has 1 unspecified atom stereocenters. The zero-order valence-corrected chi connectivity index (χ0v) is 12.0. The number of nitrogens with one attached hydrogen (secondary N) is 1. The Labute approximate surface area is 112 Å². The molecule has 3 nitrogen and oxygen atoms in total. The van der Waals surface area contributed by atoms with Crippen LogP contribution in [-0.2, 0) is 0 Å². The zero-order valence-electron chi connectivity index (χ0n) is 11.2. The van der Waals surface area contributed by atoms with Crippen molar-refractivity contribution in [2.75, 3.05) is 14.2 Å². The predicted octanol–water partition coefficient (Wildman–Crippen LogP) is 3.08. The van der Waals surface area contributed by atoms with Crippen LogP contribution in [0.15, 0.2) is 23.7 Å². The van der Waals surface area contributed by atoms with Gasteiger partial charge in [-0.05, 0) is 44.2 Å². The van der Waals surface area contributed by atoms with Crippen molar-refractivity contribution in [3.63, 3.8) is 0 Å². The van der Waals surface area contributed by atoms with Crippen LogP contribution in [-0.4, -0.2) is 19.1 Å². The van der Waals surface area contributed by atoms with Gasteiger partial charge in [0.1, 0.15) is 5.75 Å². The van der Waals surface area contributed by atoms with E-state index in [0.717, 1.165) is 11.4 Å². The summed E-state index contributed by atoms with van der Waals surface area (Å²) in [5.41, 5.74) is 5.48. The largest absolute Gasteiger partial charge is 0.497 e. The highest BCUT2D eigenvalue weighted by molar-refractivity contribution is 7.09. The van der Waals surface area contributed by atoms with E-state index in [1.54, 1.807) is 18.4 Å². The Hall–Kier alpha value is -1.39. The van der Waals surface area contributed by atoms with Crippen LogP contribution in [0.3, 0.4) is 0 Å². The molecule has 1 aromatic carbocycles. The highest BCUT2D eigenvalue weighted by Crippen LogP contribution is 2.31. The number of ether oxygens (including phenoxy) is 1. The van der Waals surface area contributed by atoms with Crippen LogP contribution in [0.5, 0.6) is 5.75 Å². The molecule has 0 saturated carbocycles. The van der Waals surface area contributed by atoms with Gasteiger partial charge in [-0.2, -0.15) is 0 Å². The van der Waals surface area contributed by atoms with Crippen LogP contribution < -0.4 is 10.1 Å². The van der Waals surface area contributed by atoms with Gasteiger partial charge in [0.15, 0.2) is 0 Å². The molecule has 0 aliphatic carbocycles. The maximum atomic E-state index is 5.25. The van der Waals surface area contributed by atoms with E-state index < -0.39 is 0 Å². The molecule has 1 aromatic heterocycles. The number of hydrogen-bond donors (Lipinski definition) is 1. The summed E-state index contributed by atoms with van der Waals surface area (Å²) < 4.78 is 5.25.